The summed E-state index contributed by atoms with van der Waals surface area (Å²) in [4.78, 5) is 1.37. The molecule has 2 rings (SSSR count). The zero-order valence-corrected chi connectivity index (χ0v) is 12.3. The van der Waals surface area contributed by atoms with Gasteiger partial charge in [0.05, 0.1) is 0 Å². The molecule has 0 spiro atoms. The molecule has 1 aromatic rings. The molecule has 1 aromatic carbocycles. The number of nitrogens with zero attached hydrogens (tertiary/aromatic N) is 1. The zero-order chi connectivity index (χ0) is 16.3. The summed E-state index contributed by atoms with van der Waals surface area (Å²) in [6.07, 6.45) is -4.08. The number of halogens is 3. The van der Waals surface area contributed by atoms with E-state index in [9.17, 15) is 18.3 Å². The number of ether oxygens (including phenoxy) is 1. The topological polar surface area (TPSA) is 32.7 Å². The highest BCUT2D eigenvalue weighted by Crippen LogP contribution is 2.32. The van der Waals surface area contributed by atoms with E-state index >= 15 is 0 Å². The average Bonchev–Trinajstić information content (AvgIpc) is 2.48. The molecule has 6 heteroatoms. The third-order valence-electron chi connectivity index (χ3n) is 3.64. The van der Waals surface area contributed by atoms with Crippen molar-refractivity contribution >= 4 is 0 Å². The number of aliphatic hydroxyl groups is 1. The fourth-order valence-corrected chi connectivity index (χ4v) is 2.25. The van der Waals surface area contributed by atoms with Crippen LogP contribution in [-0.4, -0.2) is 35.4 Å². The number of alkyl halides is 3. The Balaban J connectivity index is 2.18. The van der Waals surface area contributed by atoms with E-state index in [-0.39, 0.29) is 12.4 Å². The second kappa shape index (κ2) is 6.44. The number of hydrogen-bond acceptors (Lipinski definition) is 3. The lowest BCUT2D eigenvalue weighted by atomic mass is 10.0. The Labute approximate surface area is 127 Å². The van der Waals surface area contributed by atoms with Crippen LogP contribution in [0.4, 0.5) is 13.2 Å². The van der Waals surface area contributed by atoms with Crippen molar-refractivity contribution in [3.8, 4) is 0 Å². The van der Waals surface area contributed by atoms with Crippen molar-refractivity contribution in [3.05, 3.63) is 59.5 Å². The number of aliphatic hydroxyl groups excluding tert-OH is 1. The van der Waals surface area contributed by atoms with E-state index in [1.807, 2.05) is 30.3 Å². The van der Waals surface area contributed by atoms with E-state index in [1.165, 1.54) is 18.0 Å². The third-order valence-corrected chi connectivity index (χ3v) is 3.64. The predicted molar refractivity (Wildman–Crippen MR) is 76.7 cm³/mol. The van der Waals surface area contributed by atoms with E-state index in [0.29, 0.717) is 5.70 Å². The Morgan fingerprint density at radius 3 is 2.45 bits per heavy atom. The highest BCUT2D eigenvalue weighted by molar-refractivity contribution is 5.26. The summed E-state index contributed by atoms with van der Waals surface area (Å²) in [7, 11) is 1.50. The van der Waals surface area contributed by atoms with E-state index < -0.39 is 18.3 Å². The van der Waals surface area contributed by atoms with Crippen molar-refractivity contribution in [2.45, 2.75) is 31.9 Å². The maximum absolute atomic E-state index is 12.9. The van der Waals surface area contributed by atoms with Crippen LogP contribution in [0.15, 0.2) is 53.9 Å². The lowest BCUT2D eigenvalue weighted by Gasteiger charge is -2.37. The molecule has 0 aromatic heterocycles. The normalized spacial score (nSPS) is 20.3. The summed E-state index contributed by atoms with van der Waals surface area (Å²) in [6, 6.07) is 7.86. The van der Waals surface area contributed by atoms with Crippen LogP contribution in [0, 0.1) is 0 Å². The molecule has 1 aliphatic heterocycles. The Kier molecular flexibility index (Phi) is 4.81. The largest absolute Gasteiger partial charge is 0.491 e. The molecule has 0 saturated heterocycles. The molecule has 0 aliphatic carbocycles. The van der Waals surface area contributed by atoms with Crippen LogP contribution in [0.3, 0.4) is 0 Å². The number of likely N-dealkylation sites (N-methyl/N-ethyl adjacent to an activating group) is 1. The summed E-state index contributed by atoms with van der Waals surface area (Å²) >= 11 is 0. The van der Waals surface area contributed by atoms with Gasteiger partial charge in [-0.25, -0.2) is 0 Å². The number of hydrogen-bond donors (Lipinski definition) is 1. The molecule has 1 aliphatic rings. The van der Waals surface area contributed by atoms with E-state index in [1.54, 1.807) is 13.0 Å². The van der Waals surface area contributed by atoms with Crippen LogP contribution in [0.1, 0.15) is 12.5 Å². The molecule has 3 nitrogen and oxygen atoms in total. The van der Waals surface area contributed by atoms with Crippen LogP contribution < -0.4 is 0 Å². The van der Waals surface area contributed by atoms with Gasteiger partial charge in [-0.05, 0) is 24.6 Å². The molecule has 0 fully saturated rings. The quantitative estimate of drug-likeness (QED) is 0.926. The molecule has 0 radical (unpaired) electrons. The number of rotatable bonds is 4. The maximum Gasteiger partial charge on any atom is 0.416 e. The van der Waals surface area contributed by atoms with Crippen LogP contribution in [0.2, 0.25) is 0 Å². The highest BCUT2D eigenvalue weighted by atomic mass is 19.4. The van der Waals surface area contributed by atoms with Gasteiger partial charge in [0.1, 0.15) is 18.4 Å². The SMILES string of the molecule is CC1=CC=C(OCc2ccccc2)C(C(O)C(F)(F)F)N1C. The minimum Gasteiger partial charge on any atom is -0.491 e. The first-order valence-corrected chi connectivity index (χ1v) is 6.83. The summed E-state index contributed by atoms with van der Waals surface area (Å²) in [5.41, 5.74) is 1.47. The third kappa shape index (κ3) is 3.62. The molecule has 2 atom stereocenters. The van der Waals surface area contributed by atoms with Crippen molar-refractivity contribution in [1.29, 1.82) is 0 Å². The number of benzene rings is 1. The molecule has 22 heavy (non-hydrogen) atoms. The summed E-state index contributed by atoms with van der Waals surface area (Å²) in [5.74, 6) is 0.0989. The fraction of sp³-hybridized carbons (Fsp3) is 0.375. The van der Waals surface area contributed by atoms with Crippen LogP contribution >= 0.6 is 0 Å². The van der Waals surface area contributed by atoms with E-state index in [0.717, 1.165) is 5.56 Å². The summed E-state index contributed by atoms with van der Waals surface area (Å²) in [5, 5.41) is 9.65. The van der Waals surface area contributed by atoms with Gasteiger partial charge < -0.3 is 14.7 Å². The minimum absolute atomic E-state index is 0.0989. The van der Waals surface area contributed by atoms with Gasteiger partial charge in [0, 0.05) is 12.7 Å². The highest BCUT2D eigenvalue weighted by Gasteiger charge is 2.48. The first kappa shape index (κ1) is 16.4. The molecule has 1 heterocycles. The van der Waals surface area contributed by atoms with E-state index in [2.05, 4.69) is 0 Å². The van der Waals surface area contributed by atoms with Gasteiger partial charge in [-0.1, -0.05) is 30.3 Å². The van der Waals surface area contributed by atoms with Crippen molar-refractivity contribution in [3.63, 3.8) is 0 Å². The Hall–Kier alpha value is -1.95. The standard InChI is InChI=1S/C16H18F3NO2/c1-11-8-9-13(22-10-12-6-4-3-5-7-12)14(20(11)2)15(21)16(17,18)19/h3-9,14-15,21H,10H2,1-2H3. The second-order valence-electron chi connectivity index (χ2n) is 5.19. The Morgan fingerprint density at radius 1 is 1.23 bits per heavy atom. The van der Waals surface area contributed by atoms with Crippen LogP contribution in [-0.2, 0) is 11.3 Å². The van der Waals surface area contributed by atoms with Crippen molar-refractivity contribution in [2.24, 2.45) is 0 Å². The Bertz CT molecular complexity index is 567. The van der Waals surface area contributed by atoms with Crippen molar-refractivity contribution < 1.29 is 23.0 Å². The lowest BCUT2D eigenvalue weighted by molar-refractivity contribution is -0.219. The predicted octanol–water partition coefficient (Wildman–Crippen LogP) is 3.23. The molecule has 120 valence electrons. The van der Waals surface area contributed by atoms with Crippen molar-refractivity contribution in [1.82, 2.24) is 4.90 Å². The molecule has 0 bridgehead atoms. The summed E-state index contributed by atoms with van der Waals surface area (Å²) in [6.45, 7) is 1.83. The first-order valence-electron chi connectivity index (χ1n) is 6.83. The molecule has 2 unspecified atom stereocenters. The molecule has 0 saturated carbocycles. The van der Waals surface area contributed by atoms with Gasteiger partial charge in [-0.15, -0.1) is 0 Å². The van der Waals surface area contributed by atoms with Gasteiger partial charge in [0.25, 0.3) is 0 Å². The van der Waals surface area contributed by atoms with Gasteiger partial charge in [-0.3, -0.25) is 0 Å². The van der Waals surface area contributed by atoms with E-state index in [4.69, 9.17) is 4.74 Å². The minimum atomic E-state index is -4.72. The second-order valence-corrected chi connectivity index (χ2v) is 5.19. The van der Waals surface area contributed by atoms with Crippen LogP contribution in [0.25, 0.3) is 0 Å². The van der Waals surface area contributed by atoms with Gasteiger partial charge in [-0.2, -0.15) is 13.2 Å². The maximum atomic E-state index is 12.9. The van der Waals surface area contributed by atoms with Crippen LogP contribution in [0.5, 0.6) is 0 Å². The zero-order valence-electron chi connectivity index (χ0n) is 12.3. The molecule has 0 amide bonds. The monoisotopic (exact) mass is 313 g/mol. The lowest BCUT2D eigenvalue weighted by Crippen LogP contribution is -2.50. The Morgan fingerprint density at radius 2 is 1.86 bits per heavy atom. The molecule has 1 N–H and O–H groups in total. The number of allylic oxidation sites excluding steroid dienone is 3. The van der Waals surface area contributed by atoms with Gasteiger partial charge in [0.15, 0.2) is 6.10 Å². The molecular weight excluding hydrogens is 295 g/mol. The van der Waals surface area contributed by atoms with Crippen molar-refractivity contribution in [2.75, 3.05) is 7.05 Å². The van der Waals surface area contributed by atoms with Gasteiger partial charge >= 0.3 is 6.18 Å². The molecular formula is C16H18F3NO2. The smallest absolute Gasteiger partial charge is 0.416 e. The first-order chi connectivity index (χ1) is 10.3. The average molecular weight is 313 g/mol. The van der Waals surface area contributed by atoms with Gasteiger partial charge in [0.2, 0.25) is 0 Å². The fourth-order valence-electron chi connectivity index (χ4n) is 2.25. The summed E-state index contributed by atoms with van der Waals surface area (Å²) < 4.78 is 44.2.